The maximum atomic E-state index is 12.0. The van der Waals surface area contributed by atoms with Gasteiger partial charge in [-0.3, -0.25) is 4.79 Å². The number of carbonyl (C=O) groups is 1. The van der Waals surface area contributed by atoms with E-state index in [9.17, 15) is 4.79 Å². The zero-order chi connectivity index (χ0) is 13.8. The third-order valence-electron chi connectivity index (χ3n) is 2.31. The van der Waals surface area contributed by atoms with Gasteiger partial charge in [0.1, 0.15) is 11.9 Å². The topological polar surface area (TPSA) is 65.8 Å². The molecule has 0 fully saturated rings. The average Bonchev–Trinajstić information content (AvgIpc) is 2.39. The largest absolute Gasteiger partial charge is 0.307 e. The second-order valence-electron chi connectivity index (χ2n) is 3.62. The van der Waals surface area contributed by atoms with Crippen LogP contribution in [0.2, 0.25) is 5.02 Å². The SMILES string of the molecule is N#Cc1ccc(NC(=O)c2ccc(Cl)cc2Br)nc1. The van der Waals surface area contributed by atoms with Gasteiger partial charge < -0.3 is 5.32 Å². The number of halogens is 2. The van der Waals surface area contributed by atoms with E-state index in [0.717, 1.165) is 0 Å². The van der Waals surface area contributed by atoms with Crippen molar-refractivity contribution in [3.05, 3.63) is 57.2 Å². The Hall–Kier alpha value is -1.90. The fourth-order valence-electron chi connectivity index (χ4n) is 1.39. The zero-order valence-electron chi connectivity index (χ0n) is 9.52. The van der Waals surface area contributed by atoms with Crippen LogP contribution in [0.3, 0.4) is 0 Å². The van der Waals surface area contributed by atoms with Gasteiger partial charge >= 0.3 is 0 Å². The van der Waals surface area contributed by atoms with E-state index >= 15 is 0 Å². The number of nitriles is 1. The molecule has 1 N–H and O–H groups in total. The van der Waals surface area contributed by atoms with Crippen molar-refractivity contribution >= 4 is 39.3 Å². The van der Waals surface area contributed by atoms with Gasteiger partial charge in [0.2, 0.25) is 0 Å². The molecule has 0 radical (unpaired) electrons. The van der Waals surface area contributed by atoms with Gasteiger partial charge in [0.05, 0.1) is 11.1 Å². The molecule has 2 aromatic rings. The molecule has 1 aromatic heterocycles. The Morgan fingerprint density at radius 2 is 2.16 bits per heavy atom. The Labute approximate surface area is 123 Å². The number of carbonyl (C=O) groups excluding carboxylic acids is 1. The van der Waals surface area contributed by atoms with Gasteiger partial charge in [-0.25, -0.2) is 4.98 Å². The summed E-state index contributed by atoms with van der Waals surface area (Å²) >= 11 is 9.09. The van der Waals surface area contributed by atoms with Gasteiger partial charge in [-0.15, -0.1) is 0 Å². The van der Waals surface area contributed by atoms with E-state index in [2.05, 4.69) is 26.2 Å². The highest BCUT2D eigenvalue weighted by atomic mass is 79.9. The molecule has 0 atom stereocenters. The highest BCUT2D eigenvalue weighted by molar-refractivity contribution is 9.10. The number of amides is 1. The Kier molecular flexibility index (Phi) is 4.15. The fourth-order valence-corrected chi connectivity index (χ4v) is 2.25. The van der Waals surface area contributed by atoms with E-state index in [-0.39, 0.29) is 5.91 Å². The zero-order valence-corrected chi connectivity index (χ0v) is 11.9. The summed E-state index contributed by atoms with van der Waals surface area (Å²) in [6.45, 7) is 0. The Balaban J connectivity index is 2.18. The van der Waals surface area contributed by atoms with E-state index in [0.29, 0.717) is 26.4 Å². The molecule has 6 heteroatoms. The van der Waals surface area contributed by atoms with Crippen LogP contribution in [0.25, 0.3) is 0 Å². The van der Waals surface area contributed by atoms with Crippen LogP contribution in [0.4, 0.5) is 5.82 Å². The highest BCUT2D eigenvalue weighted by Crippen LogP contribution is 2.22. The maximum Gasteiger partial charge on any atom is 0.257 e. The van der Waals surface area contributed by atoms with Crippen LogP contribution in [0, 0.1) is 11.3 Å². The molecule has 19 heavy (non-hydrogen) atoms. The third-order valence-corrected chi connectivity index (χ3v) is 3.20. The molecule has 2 rings (SSSR count). The average molecular weight is 337 g/mol. The Morgan fingerprint density at radius 3 is 2.74 bits per heavy atom. The molecule has 0 bridgehead atoms. The quantitative estimate of drug-likeness (QED) is 0.911. The van der Waals surface area contributed by atoms with Gasteiger partial charge in [0, 0.05) is 15.7 Å². The van der Waals surface area contributed by atoms with Crippen LogP contribution >= 0.6 is 27.5 Å². The summed E-state index contributed by atoms with van der Waals surface area (Å²) in [5.41, 5.74) is 0.890. The molecule has 0 aliphatic carbocycles. The number of hydrogen-bond donors (Lipinski definition) is 1. The lowest BCUT2D eigenvalue weighted by molar-refractivity contribution is 0.102. The predicted octanol–water partition coefficient (Wildman–Crippen LogP) is 3.62. The molecule has 0 saturated carbocycles. The number of hydrogen-bond acceptors (Lipinski definition) is 3. The van der Waals surface area contributed by atoms with Crippen molar-refractivity contribution in [3.8, 4) is 6.07 Å². The van der Waals surface area contributed by atoms with Crippen LogP contribution in [0.1, 0.15) is 15.9 Å². The number of rotatable bonds is 2. The molecule has 4 nitrogen and oxygen atoms in total. The highest BCUT2D eigenvalue weighted by Gasteiger charge is 2.11. The minimum absolute atomic E-state index is 0.305. The maximum absolute atomic E-state index is 12.0. The Bertz CT molecular complexity index is 665. The monoisotopic (exact) mass is 335 g/mol. The van der Waals surface area contributed by atoms with Crippen molar-refractivity contribution in [2.75, 3.05) is 5.32 Å². The molecule has 1 aromatic carbocycles. The van der Waals surface area contributed by atoms with Gasteiger partial charge in [-0.05, 0) is 46.3 Å². The first kappa shape index (κ1) is 13.5. The van der Waals surface area contributed by atoms with Crippen molar-refractivity contribution in [2.45, 2.75) is 0 Å². The van der Waals surface area contributed by atoms with Gasteiger partial charge in [-0.1, -0.05) is 11.6 Å². The van der Waals surface area contributed by atoms with E-state index < -0.39 is 0 Å². The summed E-state index contributed by atoms with van der Waals surface area (Å²) in [5, 5.41) is 11.8. The fraction of sp³-hybridized carbons (Fsp3) is 0. The molecule has 94 valence electrons. The third kappa shape index (κ3) is 3.31. The van der Waals surface area contributed by atoms with Crippen LogP contribution < -0.4 is 5.32 Å². The summed E-state index contributed by atoms with van der Waals surface area (Å²) in [6.07, 6.45) is 1.40. The summed E-state index contributed by atoms with van der Waals surface area (Å²) in [6, 6.07) is 10.0. The molecule has 0 saturated heterocycles. The van der Waals surface area contributed by atoms with Crippen LogP contribution in [0.5, 0.6) is 0 Å². The molecular weight excluding hydrogens is 330 g/mol. The minimum Gasteiger partial charge on any atom is -0.307 e. The second-order valence-corrected chi connectivity index (χ2v) is 4.91. The summed E-state index contributed by atoms with van der Waals surface area (Å²) in [5.74, 6) is 0.0756. The van der Waals surface area contributed by atoms with Crippen LogP contribution in [-0.2, 0) is 0 Å². The lowest BCUT2D eigenvalue weighted by Crippen LogP contribution is -2.13. The first-order valence-electron chi connectivity index (χ1n) is 5.22. The van der Waals surface area contributed by atoms with Crippen molar-refractivity contribution < 1.29 is 4.79 Å². The Morgan fingerprint density at radius 1 is 1.37 bits per heavy atom. The van der Waals surface area contributed by atoms with Gasteiger partial charge in [0.25, 0.3) is 5.91 Å². The van der Waals surface area contributed by atoms with Gasteiger partial charge in [-0.2, -0.15) is 5.26 Å². The van der Waals surface area contributed by atoms with Gasteiger partial charge in [0.15, 0.2) is 0 Å². The number of aromatic nitrogens is 1. The molecule has 0 aliphatic heterocycles. The summed E-state index contributed by atoms with van der Waals surface area (Å²) in [7, 11) is 0. The second kappa shape index (κ2) is 5.83. The number of benzene rings is 1. The van der Waals surface area contributed by atoms with Crippen LogP contribution in [0.15, 0.2) is 41.0 Å². The normalized spacial score (nSPS) is 9.74. The lowest BCUT2D eigenvalue weighted by Gasteiger charge is -2.06. The predicted molar refractivity (Wildman–Crippen MR) is 76.1 cm³/mol. The molecule has 1 amide bonds. The molecule has 1 heterocycles. The van der Waals surface area contributed by atoms with Crippen molar-refractivity contribution in [1.82, 2.24) is 4.98 Å². The van der Waals surface area contributed by atoms with E-state index in [1.54, 1.807) is 30.3 Å². The minimum atomic E-state index is -0.305. The standard InChI is InChI=1S/C13H7BrClN3O/c14-11-5-9(15)2-3-10(11)13(19)18-12-4-1-8(6-16)7-17-12/h1-5,7H,(H,17,18,19). The molecule has 0 aliphatic rings. The van der Waals surface area contributed by atoms with Crippen LogP contribution in [-0.4, -0.2) is 10.9 Å². The van der Waals surface area contributed by atoms with Crippen molar-refractivity contribution in [3.63, 3.8) is 0 Å². The molecular formula is C13H7BrClN3O. The first-order chi connectivity index (χ1) is 9.10. The summed E-state index contributed by atoms with van der Waals surface area (Å²) < 4.78 is 0.603. The number of anilines is 1. The number of nitrogens with one attached hydrogen (secondary N) is 1. The number of pyridine rings is 1. The smallest absolute Gasteiger partial charge is 0.257 e. The molecule has 0 unspecified atom stereocenters. The van der Waals surface area contributed by atoms with E-state index in [1.165, 1.54) is 6.20 Å². The van der Waals surface area contributed by atoms with Crippen molar-refractivity contribution in [1.29, 1.82) is 5.26 Å². The van der Waals surface area contributed by atoms with E-state index in [1.807, 2.05) is 6.07 Å². The number of nitrogens with zero attached hydrogens (tertiary/aromatic N) is 2. The van der Waals surface area contributed by atoms with E-state index in [4.69, 9.17) is 16.9 Å². The molecule has 0 spiro atoms. The lowest BCUT2D eigenvalue weighted by atomic mass is 10.2. The van der Waals surface area contributed by atoms with Crippen molar-refractivity contribution in [2.24, 2.45) is 0 Å². The summed E-state index contributed by atoms with van der Waals surface area (Å²) in [4.78, 5) is 16.0. The first-order valence-corrected chi connectivity index (χ1v) is 6.40.